The van der Waals surface area contributed by atoms with Crippen LogP contribution < -0.4 is 10.1 Å². The Balaban J connectivity index is 2.12. The Hall–Kier alpha value is -3.33. The summed E-state index contributed by atoms with van der Waals surface area (Å²) in [5, 5.41) is 19.3. The first-order valence-electron chi connectivity index (χ1n) is 8.26. The maximum atomic E-state index is 11.5. The maximum Gasteiger partial charge on any atom is 0.411 e. The number of rotatable bonds is 6. The molecule has 0 aromatic heterocycles. The van der Waals surface area contributed by atoms with Gasteiger partial charge >= 0.3 is 6.09 Å². The van der Waals surface area contributed by atoms with Crippen LogP contribution in [0.15, 0.2) is 36.4 Å². The third-order valence-electron chi connectivity index (χ3n) is 3.96. The molecule has 2 aromatic carbocycles. The second-order valence-electron chi connectivity index (χ2n) is 5.83. The van der Waals surface area contributed by atoms with Gasteiger partial charge in [-0.1, -0.05) is 13.0 Å². The number of ether oxygens (including phenoxy) is 1. The van der Waals surface area contributed by atoms with E-state index in [2.05, 4.69) is 6.07 Å². The van der Waals surface area contributed by atoms with Crippen molar-refractivity contribution >= 4 is 12.0 Å². The van der Waals surface area contributed by atoms with Crippen LogP contribution in [0.1, 0.15) is 35.6 Å². The van der Waals surface area contributed by atoms with Crippen molar-refractivity contribution in [2.45, 2.75) is 33.1 Å². The van der Waals surface area contributed by atoms with E-state index in [9.17, 15) is 9.59 Å². The molecule has 2 rings (SSSR count). The van der Waals surface area contributed by atoms with Crippen LogP contribution in [0, 0.1) is 18.3 Å². The molecule has 0 fully saturated rings. The highest BCUT2D eigenvalue weighted by Crippen LogP contribution is 2.28. The zero-order valence-electron chi connectivity index (χ0n) is 14.7. The van der Waals surface area contributed by atoms with Crippen LogP contribution in [0.2, 0.25) is 0 Å². The number of hydrogen-bond donors (Lipinski definition) is 2. The fourth-order valence-electron chi connectivity index (χ4n) is 2.63. The molecule has 0 saturated carbocycles. The van der Waals surface area contributed by atoms with Gasteiger partial charge in [0, 0.05) is 6.42 Å². The van der Waals surface area contributed by atoms with Crippen molar-refractivity contribution in [2.75, 3.05) is 0 Å². The minimum atomic E-state index is -1.34. The molecule has 0 saturated heterocycles. The molecule has 2 aromatic rings. The molecular formula is C20H20N2O4. The van der Waals surface area contributed by atoms with E-state index in [1.165, 1.54) is 0 Å². The largest absolute Gasteiger partial charge is 0.465 e. The summed E-state index contributed by atoms with van der Waals surface area (Å²) in [4.78, 5) is 21.9. The summed E-state index contributed by atoms with van der Waals surface area (Å²) in [7, 11) is 0. The molecule has 134 valence electrons. The standard InChI is InChI=1S/C20H20N2O4/c1-3-15-11-17(26-18-8-4-14(12-21)10-13(18)2)7-5-16(15)6-9-19(23)22-20(24)25/h4-5,7-8,10-11H,3,6,9H2,1-2H3,(H,22,23)(H,24,25). The number of benzene rings is 2. The first-order valence-corrected chi connectivity index (χ1v) is 8.26. The van der Waals surface area contributed by atoms with E-state index in [4.69, 9.17) is 15.1 Å². The number of hydrogen-bond acceptors (Lipinski definition) is 4. The second-order valence-corrected chi connectivity index (χ2v) is 5.83. The van der Waals surface area contributed by atoms with E-state index < -0.39 is 12.0 Å². The Kier molecular flexibility index (Phi) is 6.34. The maximum absolute atomic E-state index is 11.5. The lowest BCUT2D eigenvalue weighted by Gasteiger charge is -2.13. The quantitative estimate of drug-likeness (QED) is 0.820. The molecule has 6 nitrogen and oxygen atoms in total. The lowest BCUT2D eigenvalue weighted by atomic mass is 10.0. The Morgan fingerprint density at radius 3 is 2.58 bits per heavy atom. The number of imide groups is 1. The van der Waals surface area contributed by atoms with Crippen molar-refractivity contribution < 1.29 is 19.4 Å². The summed E-state index contributed by atoms with van der Waals surface area (Å²) in [5.74, 6) is 0.834. The molecule has 2 N–H and O–H groups in total. The summed E-state index contributed by atoms with van der Waals surface area (Å²) in [6, 6.07) is 13.0. The molecule has 0 atom stereocenters. The van der Waals surface area contributed by atoms with Crippen molar-refractivity contribution in [3.63, 3.8) is 0 Å². The Morgan fingerprint density at radius 1 is 1.19 bits per heavy atom. The van der Waals surface area contributed by atoms with E-state index in [0.29, 0.717) is 23.5 Å². The van der Waals surface area contributed by atoms with Crippen LogP contribution in [0.25, 0.3) is 0 Å². The number of carboxylic acid groups (broad SMARTS) is 1. The highest BCUT2D eigenvalue weighted by atomic mass is 16.5. The third-order valence-corrected chi connectivity index (χ3v) is 3.96. The summed E-state index contributed by atoms with van der Waals surface area (Å²) < 4.78 is 5.92. The summed E-state index contributed by atoms with van der Waals surface area (Å²) in [6.45, 7) is 3.89. The van der Waals surface area contributed by atoms with E-state index in [-0.39, 0.29) is 6.42 Å². The Morgan fingerprint density at radius 2 is 1.96 bits per heavy atom. The molecular weight excluding hydrogens is 332 g/mol. The first-order chi connectivity index (χ1) is 12.4. The van der Waals surface area contributed by atoms with Crippen molar-refractivity contribution in [2.24, 2.45) is 0 Å². The number of aryl methyl sites for hydroxylation is 3. The molecule has 0 unspecified atom stereocenters. The van der Waals surface area contributed by atoms with Crippen LogP contribution in [-0.4, -0.2) is 17.1 Å². The summed E-state index contributed by atoms with van der Waals surface area (Å²) in [6.07, 6.45) is -0.0150. The van der Waals surface area contributed by atoms with Gasteiger partial charge in [0.05, 0.1) is 11.6 Å². The predicted molar refractivity (Wildman–Crippen MR) is 96.3 cm³/mol. The van der Waals surface area contributed by atoms with Crippen LogP contribution in [0.4, 0.5) is 4.79 Å². The van der Waals surface area contributed by atoms with Crippen molar-refractivity contribution in [3.05, 3.63) is 58.7 Å². The van der Waals surface area contributed by atoms with Gasteiger partial charge in [-0.2, -0.15) is 5.26 Å². The highest BCUT2D eigenvalue weighted by molar-refractivity contribution is 5.90. The molecule has 0 spiro atoms. The normalized spacial score (nSPS) is 10.0. The van der Waals surface area contributed by atoms with Gasteiger partial charge in [0.1, 0.15) is 11.5 Å². The molecule has 0 aliphatic heterocycles. The van der Waals surface area contributed by atoms with Gasteiger partial charge in [-0.3, -0.25) is 10.1 Å². The number of amides is 2. The fourth-order valence-corrected chi connectivity index (χ4v) is 2.63. The zero-order chi connectivity index (χ0) is 19.1. The lowest BCUT2D eigenvalue weighted by Crippen LogP contribution is -2.28. The van der Waals surface area contributed by atoms with Crippen LogP contribution in [-0.2, 0) is 17.6 Å². The third kappa shape index (κ3) is 5.08. The Bertz CT molecular complexity index is 869. The van der Waals surface area contributed by atoms with Crippen LogP contribution in [0.5, 0.6) is 11.5 Å². The molecule has 0 radical (unpaired) electrons. The monoisotopic (exact) mass is 352 g/mol. The molecule has 2 amide bonds. The van der Waals surface area contributed by atoms with E-state index >= 15 is 0 Å². The smallest absolute Gasteiger partial charge is 0.411 e. The van der Waals surface area contributed by atoms with Gasteiger partial charge in [-0.05, 0) is 66.8 Å². The van der Waals surface area contributed by atoms with Crippen molar-refractivity contribution in [1.82, 2.24) is 5.32 Å². The molecule has 0 heterocycles. The number of nitrogens with zero attached hydrogens (tertiary/aromatic N) is 1. The van der Waals surface area contributed by atoms with Gasteiger partial charge in [-0.25, -0.2) is 4.79 Å². The zero-order valence-corrected chi connectivity index (χ0v) is 14.7. The number of nitrogens with one attached hydrogen (secondary N) is 1. The number of nitriles is 1. The van der Waals surface area contributed by atoms with Crippen molar-refractivity contribution in [3.8, 4) is 17.6 Å². The van der Waals surface area contributed by atoms with Gasteiger partial charge in [0.15, 0.2) is 0 Å². The van der Waals surface area contributed by atoms with Gasteiger partial charge in [0.2, 0.25) is 5.91 Å². The molecule has 0 bridgehead atoms. The number of carbonyl (C=O) groups excluding carboxylic acids is 1. The predicted octanol–water partition coefficient (Wildman–Crippen LogP) is 3.95. The van der Waals surface area contributed by atoms with Gasteiger partial charge in [-0.15, -0.1) is 0 Å². The average molecular weight is 352 g/mol. The van der Waals surface area contributed by atoms with E-state index in [1.807, 2.05) is 37.4 Å². The summed E-state index contributed by atoms with van der Waals surface area (Å²) in [5.41, 5.74) is 3.48. The van der Waals surface area contributed by atoms with Crippen LogP contribution >= 0.6 is 0 Å². The lowest BCUT2D eigenvalue weighted by molar-refractivity contribution is -0.120. The highest BCUT2D eigenvalue weighted by Gasteiger charge is 2.10. The SMILES string of the molecule is CCc1cc(Oc2ccc(C#N)cc2C)ccc1CCC(=O)NC(=O)O. The molecule has 26 heavy (non-hydrogen) atoms. The fraction of sp³-hybridized carbons (Fsp3) is 0.250. The second kappa shape index (κ2) is 8.67. The van der Waals surface area contributed by atoms with E-state index in [1.54, 1.807) is 18.2 Å². The minimum Gasteiger partial charge on any atom is -0.465 e. The number of carbonyl (C=O) groups is 2. The van der Waals surface area contributed by atoms with Crippen molar-refractivity contribution in [1.29, 1.82) is 5.26 Å². The Labute approximate surface area is 152 Å². The minimum absolute atomic E-state index is 0.105. The first kappa shape index (κ1) is 19.0. The van der Waals surface area contributed by atoms with E-state index in [0.717, 1.165) is 23.1 Å². The average Bonchev–Trinajstić information content (AvgIpc) is 2.61. The topological polar surface area (TPSA) is 99.4 Å². The molecule has 0 aliphatic carbocycles. The summed E-state index contributed by atoms with van der Waals surface area (Å²) >= 11 is 0. The van der Waals surface area contributed by atoms with Gasteiger partial charge in [0.25, 0.3) is 0 Å². The molecule has 0 aliphatic rings. The van der Waals surface area contributed by atoms with Crippen LogP contribution in [0.3, 0.4) is 0 Å². The van der Waals surface area contributed by atoms with Gasteiger partial charge < -0.3 is 9.84 Å². The molecule has 6 heteroatoms.